The molecule has 0 aromatic heterocycles. The van der Waals surface area contributed by atoms with Crippen LogP contribution in [0.1, 0.15) is 19.4 Å². The zero-order valence-electron chi connectivity index (χ0n) is 9.33. The summed E-state index contributed by atoms with van der Waals surface area (Å²) in [5, 5.41) is 0. The van der Waals surface area contributed by atoms with Gasteiger partial charge >= 0.3 is 0 Å². The third-order valence-electron chi connectivity index (χ3n) is 1.70. The van der Waals surface area contributed by atoms with Crippen molar-refractivity contribution in [2.75, 3.05) is 14.2 Å². The van der Waals surface area contributed by atoms with Gasteiger partial charge in [0.1, 0.15) is 0 Å². The molecule has 1 aromatic carbocycles. The Morgan fingerprint density at radius 2 is 1.79 bits per heavy atom. The van der Waals surface area contributed by atoms with Crippen molar-refractivity contribution in [3.05, 3.63) is 23.8 Å². The minimum Gasteiger partial charge on any atom is -0.493 e. The van der Waals surface area contributed by atoms with Crippen LogP contribution in [0.5, 0.6) is 11.5 Å². The molecule has 0 amide bonds. The van der Waals surface area contributed by atoms with Crippen LogP contribution in [0.4, 0.5) is 0 Å². The van der Waals surface area contributed by atoms with E-state index in [1.807, 2.05) is 32.0 Å². The highest BCUT2D eigenvalue weighted by Crippen LogP contribution is 2.29. The summed E-state index contributed by atoms with van der Waals surface area (Å²) in [6.07, 6.45) is 0. The van der Waals surface area contributed by atoms with Gasteiger partial charge in [0.2, 0.25) is 0 Å². The molecule has 3 nitrogen and oxygen atoms in total. The lowest BCUT2D eigenvalue weighted by Crippen LogP contribution is -2.01. The summed E-state index contributed by atoms with van der Waals surface area (Å²) in [5.74, 6) is 1.45. The summed E-state index contributed by atoms with van der Waals surface area (Å²) < 4.78 is 10.3. The van der Waals surface area contributed by atoms with E-state index in [2.05, 4.69) is 0 Å². The maximum absolute atomic E-state index is 5.51. The Labute approximate surface area is 85.8 Å². The van der Waals surface area contributed by atoms with Crippen molar-refractivity contribution in [1.82, 2.24) is 0 Å². The van der Waals surface area contributed by atoms with E-state index in [0.29, 0.717) is 6.54 Å². The van der Waals surface area contributed by atoms with Crippen molar-refractivity contribution in [2.45, 2.75) is 20.4 Å². The van der Waals surface area contributed by atoms with E-state index in [-0.39, 0.29) is 0 Å². The van der Waals surface area contributed by atoms with E-state index in [4.69, 9.17) is 15.2 Å². The first-order chi connectivity index (χ1) is 6.83. The second kappa shape index (κ2) is 7.21. The molecule has 0 fully saturated rings. The van der Waals surface area contributed by atoms with Gasteiger partial charge in [-0.3, -0.25) is 0 Å². The summed E-state index contributed by atoms with van der Waals surface area (Å²) in [6, 6.07) is 5.66. The maximum atomic E-state index is 5.51. The molecule has 80 valence electrons. The molecule has 1 aromatic rings. The molecule has 0 bridgehead atoms. The summed E-state index contributed by atoms with van der Waals surface area (Å²) in [5.41, 5.74) is 6.47. The van der Waals surface area contributed by atoms with E-state index in [0.717, 1.165) is 17.1 Å². The lowest BCUT2D eigenvalue weighted by Gasteiger charge is -2.10. The van der Waals surface area contributed by atoms with Gasteiger partial charge in [0.05, 0.1) is 14.2 Å². The van der Waals surface area contributed by atoms with Gasteiger partial charge in [-0.1, -0.05) is 26.0 Å². The number of hydrogen-bond acceptors (Lipinski definition) is 3. The third kappa shape index (κ3) is 2.92. The van der Waals surface area contributed by atoms with E-state index in [1.165, 1.54) is 0 Å². The lowest BCUT2D eigenvalue weighted by molar-refractivity contribution is 0.352. The summed E-state index contributed by atoms with van der Waals surface area (Å²) in [7, 11) is 3.22. The van der Waals surface area contributed by atoms with E-state index in [9.17, 15) is 0 Å². The Hall–Kier alpha value is -1.22. The second-order valence-corrected chi connectivity index (χ2v) is 2.36. The molecular weight excluding hydrogens is 178 g/mol. The fraction of sp³-hybridized carbons (Fsp3) is 0.455. The Bertz CT molecular complexity index is 239. The summed E-state index contributed by atoms with van der Waals surface area (Å²) in [4.78, 5) is 0. The number of rotatable bonds is 3. The molecule has 0 saturated heterocycles. The molecule has 14 heavy (non-hydrogen) atoms. The molecule has 0 heterocycles. The minimum absolute atomic E-state index is 0.459. The number of hydrogen-bond donors (Lipinski definition) is 1. The highest BCUT2D eigenvalue weighted by atomic mass is 16.5. The smallest absolute Gasteiger partial charge is 0.165 e. The first-order valence-corrected chi connectivity index (χ1v) is 4.73. The molecule has 0 aliphatic rings. The van der Waals surface area contributed by atoms with Crippen LogP contribution in [-0.4, -0.2) is 14.2 Å². The van der Waals surface area contributed by atoms with Gasteiger partial charge in [0, 0.05) is 12.1 Å². The lowest BCUT2D eigenvalue weighted by atomic mass is 10.2. The van der Waals surface area contributed by atoms with Crippen LogP contribution in [0.2, 0.25) is 0 Å². The average Bonchev–Trinajstić information content (AvgIpc) is 2.30. The SMILES string of the molecule is CC.COc1cccc(CN)c1OC. The van der Waals surface area contributed by atoms with Crippen LogP contribution in [0.15, 0.2) is 18.2 Å². The topological polar surface area (TPSA) is 44.5 Å². The monoisotopic (exact) mass is 197 g/mol. The maximum Gasteiger partial charge on any atom is 0.165 e. The Kier molecular flexibility index (Phi) is 6.58. The molecule has 1 rings (SSSR count). The fourth-order valence-electron chi connectivity index (χ4n) is 1.11. The van der Waals surface area contributed by atoms with Crippen molar-refractivity contribution in [2.24, 2.45) is 5.73 Å². The second-order valence-electron chi connectivity index (χ2n) is 2.36. The van der Waals surface area contributed by atoms with Crippen LogP contribution < -0.4 is 15.2 Å². The first kappa shape index (κ1) is 12.8. The minimum atomic E-state index is 0.459. The van der Waals surface area contributed by atoms with Crippen molar-refractivity contribution in [1.29, 1.82) is 0 Å². The van der Waals surface area contributed by atoms with Gasteiger partial charge in [0.25, 0.3) is 0 Å². The number of methoxy groups -OCH3 is 2. The molecule has 2 N–H and O–H groups in total. The normalized spacial score (nSPS) is 8.64. The average molecular weight is 197 g/mol. The molecule has 0 atom stereocenters. The summed E-state index contributed by atoms with van der Waals surface area (Å²) >= 11 is 0. The Balaban J connectivity index is 0.000000791. The molecule has 0 radical (unpaired) electrons. The van der Waals surface area contributed by atoms with Crippen LogP contribution in [0.3, 0.4) is 0 Å². The van der Waals surface area contributed by atoms with Gasteiger partial charge < -0.3 is 15.2 Å². The van der Waals surface area contributed by atoms with Gasteiger partial charge in [0.15, 0.2) is 11.5 Å². The van der Waals surface area contributed by atoms with Crippen molar-refractivity contribution in [3.63, 3.8) is 0 Å². The third-order valence-corrected chi connectivity index (χ3v) is 1.70. The summed E-state index contributed by atoms with van der Waals surface area (Å²) in [6.45, 7) is 4.46. The van der Waals surface area contributed by atoms with E-state index >= 15 is 0 Å². The number of para-hydroxylation sites is 1. The van der Waals surface area contributed by atoms with E-state index < -0.39 is 0 Å². The van der Waals surface area contributed by atoms with Crippen molar-refractivity contribution < 1.29 is 9.47 Å². The van der Waals surface area contributed by atoms with Crippen LogP contribution >= 0.6 is 0 Å². The number of benzene rings is 1. The number of ether oxygens (including phenoxy) is 2. The predicted molar refractivity (Wildman–Crippen MR) is 58.8 cm³/mol. The molecular formula is C11H19NO2. The van der Waals surface area contributed by atoms with Gasteiger partial charge in [-0.25, -0.2) is 0 Å². The van der Waals surface area contributed by atoms with Crippen LogP contribution in [-0.2, 0) is 6.54 Å². The molecule has 0 aliphatic carbocycles. The molecule has 0 saturated carbocycles. The van der Waals surface area contributed by atoms with Crippen LogP contribution in [0, 0.1) is 0 Å². The van der Waals surface area contributed by atoms with Gasteiger partial charge in [-0.15, -0.1) is 0 Å². The quantitative estimate of drug-likeness (QED) is 0.807. The van der Waals surface area contributed by atoms with Crippen LogP contribution in [0.25, 0.3) is 0 Å². The Morgan fingerprint density at radius 3 is 2.21 bits per heavy atom. The largest absolute Gasteiger partial charge is 0.493 e. The molecule has 0 aliphatic heterocycles. The zero-order chi connectivity index (χ0) is 11.0. The zero-order valence-corrected chi connectivity index (χ0v) is 9.33. The van der Waals surface area contributed by atoms with Gasteiger partial charge in [-0.2, -0.15) is 0 Å². The molecule has 0 unspecified atom stereocenters. The van der Waals surface area contributed by atoms with E-state index in [1.54, 1.807) is 14.2 Å². The van der Waals surface area contributed by atoms with Crippen molar-refractivity contribution >= 4 is 0 Å². The fourth-order valence-corrected chi connectivity index (χ4v) is 1.11. The highest BCUT2D eigenvalue weighted by molar-refractivity contribution is 5.46. The number of nitrogens with two attached hydrogens (primary N) is 1. The van der Waals surface area contributed by atoms with Gasteiger partial charge in [-0.05, 0) is 6.07 Å². The first-order valence-electron chi connectivity index (χ1n) is 4.73. The standard InChI is InChI=1S/C9H13NO2.C2H6/c1-11-8-5-3-4-7(6-10)9(8)12-2;1-2/h3-5H,6,10H2,1-2H3;1-2H3. The predicted octanol–water partition coefficient (Wildman–Crippen LogP) is 2.19. The Morgan fingerprint density at radius 1 is 1.14 bits per heavy atom. The molecule has 3 heteroatoms. The van der Waals surface area contributed by atoms with Crippen molar-refractivity contribution in [3.8, 4) is 11.5 Å². The molecule has 0 spiro atoms. The highest BCUT2D eigenvalue weighted by Gasteiger charge is 2.06.